The van der Waals surface area contributed by atoms with Crippen molar-refractivity contribution in [1.82, 2.24) is 10.2 Å². The summed E-state index contributed by atoms with van der Waals surface area (Å²) in [7, 11) is -0.0460. The van der Waals surface area contributed by atoms with Crippen molar-refractivity contribution >= 4 is 16.1 Å². The SMILES string of the molecule is CC(C)P(NCCNP(C(C)C)C(C)C)C(C)C. The van der Waals surface area contributed by atoms with Gasteiger partial charge in [0.1, 0.15) is 0 Å². The molecule has 0 atom stereocenters. The number of rotatable bonds is 9. The first-order valence-electron chi connectivity index (χ1n) is 7.31. The number of nitrogens with one attached hydrogen (secondary N) is 2. The summed E-state index contributed by atoms with van der Waals surface area (Å²) in [5, 5.41) is 7.53. The Bertz CT molecular complexity index is 168. The molecular formula is C14H34N2P2. The molecule has 0 aliphatic rings. The first-order chi connectivity index (χ1) is 8.27. The lowest BCUT2D eigenvalue weighted by Crippen LogP contribution is -2.28. The normalized spacial score (nSPS) is 13.0. The van der Waals surface area contributed by atoms with Gasteiger partial charge in [0.2, 0.25) is 0 Å². The van der Waals surface area contributed by atoms with Crippen LogP contribution in [0.25, 0.3) is 0 Å². The van der Waals surface area contributed by atoms with Gasteiger partial charge >= 0.3 is 0 Å². The van der Waals surface area contributed by atoms with E-state index >= 15 is 0 Å². The fourth-order valence-corrected chi connectivity index (χ4v) is 6.88. The van der Waals surface area contributed by atoms with Crippen LogP contribution in [0.1, 0.15) is 55.4 Å². The van der Waals surface area contributed by atoms with Crippen molar-refractivity contribution in [2.75, 3.05) is 13.1 Å². The fraction of sp³-hybridized carbons (Fsp3) is 1.00. The monoisotopic (exact) mass is 292 g/mol. The standard InChI is InChI=1S/C14H34N2P2/c1-11(2)17(12(3)4)15-9-10-16-18(13(5)6)14(7)8/h11-16H,9-10H2,1-8H3. The second-order valence-corrected chi connectivity index (χ2v) is 12.4. The molecule has 0 unspecified atom stereocenters. The average molecular weight is 292 g/mol. The first kappa shape index (κ1) is 18.8. The smallest absolute Gasteiger partial charge is 0.0119 e. The third kappa shape index (κ3) is 7.39. The third-order valence-electron chi connectivity index (χ3n) is 2.94. The van der Waals surface area contributed by atoms with Crippen LogP contribution in [0.2, 0.25) is 0 Å². The minimum absolute atomic E-state index is 0.0230. The summed E-state index contributed by atoms with van der Waals surface area (Å²) in [6.45, 7) is 20.9. The van der Waals surface area contributed by atoms with E-state index in [9.17, 15) is 0 Å². The molecule has 2 nitrogen and oxygen atoms in total. The van der Waals surface area contributed by atoms with Crippen LogP contribution in [-0.4, -0.2) is 35.7 Å². The molecule has 0 saturated carbocycles. The lowest BCUT2D eigenvalue weighted by molar-refractivity contribution is 0.814. The van der Waals surface area contributed by atoms with Crippen LogP contribution in [0.15, 0.2) is 0 Å². The molecule has 18 heavy (non-hydrogen) atoms. The molecule has 0 fully saturated rings. The van der Waals surface area contributed by atoms with Gasteiger partial charge in [-0.3, -0.25) is 10.2 Å². The van der Waals surface area contributed by atoms with Crippen LogP contribution in [0, 0.1) is 0 Å². The zero-order valence-electron chi connectivity index (χ0n) is 13.6. The zero-order chi connectivity index (χ0) is 14.3. The summed E-state index contributed by atoms with van der Waals surface area (Å²) in [6, 6.07) is 0. The molecule has 0 bridgehead atoms. The Labute approximate surface area is 118 Å². The van der Waals surface area contributed by atoms with E-state index in [0.717, 1.165) is 35.7 Å². The van der Waals surface area contributed by atoms with Crippen molar-refractivity contribution in [3.8, 4) is 0 Å². The highest BCUT2D eigenvalue weighted by atomic mass is 31.1. The van der Waals surface area contributed by atoms with Crippen molar-refractivity contribution < 1.29 is 0 Å². The molecule has 110 valence electrons. The van der Waals surface area contributed by atoms with Crippen LogP contribution >= 0.6 is 16.1 Å². The molecule has 0 aliphatic heterocycles. The predicted octanol–water partition coefficient (Wildman–Crippen LogP) is 4.59. The zero-order valence-corrected chi connectivity index (χ0v) is 15.4. The van der Waals surface area contributed by atoms with Gasteiger partial charge < -0.3 is 0 Å². The van der Waals surface area contributed by atoms with Gasteiger partial charge in [-0.15, -0.1) is 0 Å². The first-order valence-corrected chi connectivity index (χ1v) is 10.3. The van der Waals surface area contributed by atoms with Crippen molar-refractivity contribution in [2.45, 2.75) is 78.0 Å². The van der Waals surface area contributed by atoms with E-state index in [1.165, 1.54) is 0 Å². The largest absolute Gasteiger partial charge is 0.294 e. The van der Waals surface area contributed by atoms with E-state index in [-0.39, 0.29) is 16.1 Å². The lowest BCUT2D eigenvalue weighted by Gasteiger charge is -2.29. The summed E-state index contributed by atoms with van der Waals surface area (Å²) < 4.78 is 0. The molecule has 0 saturated heterocycles. The predicted molar refractivity (Wildman–Crippen MR) is 90.4 cm³/mol. The second kappa shape index (κ2) is 9.65. The maximum absolute atomic E-state index is 3.76. The van der Waals surface area contributed by atoms with E-state index in [0.29, 0.717) is 0 Å². The quantitative estimate of drug-likeness (QED) is 0.479. The van der Waals surface area contributed by atoms with Gasteiger partial charge in [0.25, 0.3) is 0 Å². The van der Waals surface area contributed by atoms with Gasteiger partial charge in [0.15, 0.2) is 0 Å². The third-order valence-corrected chi connectivity index (χ3v) is 8.57. The summed E-state index contributed by atoms with van der Waals surface area (Å²) in [6.07, 6.45) is 0. The van der Waals surface area contributed by atoms with E-state index < -0.39 is 0 Å². The van der Waals surface area contributed by atoms with Crippen LogP contribution in [0.4, 0.5) is 0 Å². The fourth-order valence-electron chi connectivity index (χ4n) is 2.29. The van der Waals surface area contributed by atoms with Gasteiger partial charge in [0, 0.05) is 13.1 Å². The molecule has 0 aromatic carbocycles. The van der Waals surface area contributed by atoms with E-state index in [1.54, 1.807) is 0 Å². The number of hydrogen-bond acceptors (Lipinski definition) is 2. The number of hydrogen-bond donors (Lipinski definition) is 2. The second-order valence-electron chi connectivity index (χ2n) is 6.01. The Kier molecular flexibility index (Phi) is 10.1. The molecule has 0 rings (SSSR count). The summed E-state index contributed by atoms with van der Waals surface area (Å²) in [4.78, 5) is 0. The van der Waals surface area contributed by atoms with Crippen LogP contribution < -0.4 is 10.2 Å². The highest BCUT2D eigenvalue weighted by Crippen LogP contribution is 2.42. The minimum atomic E-state index is -0.0230. The maximum Gasteiger partial charge on any atom is 0.0119 e. The minimum Gasteiger partial charge on any atom is -0.294 e. The Balaban J connectivity index is 3.96. The molecule has 0 heterocycles. The van der Waals surface area contributed by atoms with Crippen LogP contribution in [-0.2, 0) is 0 Å². The lowest BCUT2D eigenvalue weighted by atomic mass is 10.5. The van der Waals surface area contributed by atoms with E-state index in [4.69, 9.17) is 0 Å². The Hall–Kier alpha value is 0.780. The van der Waals surface area contributed by atoms with Crippen LogP contribution in [0.3, 0.4) is 0 Å². The molecule has 0 aliphatic carbocycles. The van der Waals surface area contributed by atoms with Crippen molar-refractivity contribution in [3.05, 3.63) is 0 Å². The topological polar surface area (TPSA) is 24.1 Å². The van der Waals surface area contributed by atoms with Gasteiger partial charge in [-0.25, -0.2) is 0 Å². The highest BCUT2D eigenvalue weighted by Gasteiger charge is 2.18. The Morgan fingerprint density at radius 2 is 0.778 bits per heavy atom. The molecule has 0 radical (unpaired) electrons. The average Bonchev–Trinajstić information content (AvgIpc) is 2.20. The van der Waals surface area contributed by atoms with Gasteiger partial charge in [0.05, 0.1) is 0 Å². The highest BCUT2D eigenvalue weighted by molar-refractivity contribution is 7.57. The van der Waals surface area contributed by atoms with E-state index in [1.807, 2.05) is 0 Å². The summed E-state index contributed by atoms with van der Waals surface area (Å²) >= 11 is 0. The molecule has 4 heteroatoms. The Morgan fingerprint density at radius 1 is 0.556 bits per heavy atom. The van der Waals surface area contributed by atoms with Gasteiger partial charge in [-0.1, -0.05) is 55.4 Å². The summed E-state index contributed by atoms with van der Waals surface area (Å²) in [5.74, 6) is 0. The van der Waals surface area contributed by atoms with Gasteiger partial charge in [-0.05, 0) is 38.8 Å². The van der Waals surface area contributed by atoms with Crippen molar-refractivity contribution in [2.24, 2.45) is 0 Å². The molecule has 0 aromatic rings. The summed E-state index contributed by atoms with van der Waals surface area (Å²) in [5.41, 5.74) is 3.10. The van der Waals surface area contributed by atoms with E-state index in [2.05, 4.69) is 65.6 Å². The molecular weight excluding hydrogens is 258 g/mol. The molecule has 2 N–H and O–H groups in total. The Morgan fingerprint density at radius 3 is 0.944 bits per heavy atom. The van der Waals surface area contributed by atoms with Crippen molar-refractivity contribution in [3.63, 3.8) is 0 Å². The maximum atomic E-state index is 3.76. The van der Waals surface area contributed by atoms with Gasteiger partial charge in [-0.2, -0.15) is 0 Å². The van der Waals surface area contributed by atoms with Crippen LogP contribution in [0.5, 0.6) is 0 Å². The molecule has 0 spiro atoms. The molecule has 0 amide bonds. The van der Waals surface area contributed by atoms with Crippen molar-refractivity contribution in [1.29, 1.82) is 0 Å². The molecule has 0 aromatic heterocycles.